The fraction of sp³-hybridized carbons (Fsp3) is 0.793. The van der Waals surface area contributed by atoms with Gasteiger partial charge < -0.3 is 0 Å². The predicted octanol–water partition coefficient (Wildman–Crippen LogP) is 9.00. The van der Waals surface area contributed by atoms with Crippen LogP contribution in [0.5, 0.6) is 0 Å². The Kier molecular flexibility index (Phi) is 7.93. The van der Waals surface area contributed by atoms with Crippen LogP contribution in [0.15, 0.2) is 12.1 Å². The van der Waals surface area contributed by atoms with Crippen molar-refractivity contribution in [3.63, 3.8) is 0 Å². The first-order chi connectivity index (χ1) is 14.7. The van der Waals surface area contributed by atoms with E-state index in [1.165, 1.54) is 95.5 Å². The summed E-state index contributed by atoms with van der Waals surface area (Å²) < 4.78 is 15.5. The van der Waals surface area contributed by atoms with Crippen LogP contribution in [0.25, 0.3) is 0 Å². The number of benzene rings is 1. The molecule has 0 N–H and O–H groups in total. The third kappa shape index (κ3) is 5.13. The fourth-order valence-electron chi connectivity index (χ4n) is 7.13. The second-order valence-electron chi connectivity index (χ2n) is 11.0. The molecular weight excluding hydrogens is 367 g/mol. The van der Waals surface area contributed by atoms with Crippen molar-refractivity contribution in [2.24, 2.45) is 23.7 Å². The van der Waals surface area contributed by atoms with Crippen LogP contribution in [0.3, 0.4) is 0 Å². The van der Waals surface area contributed by atoms with Crippen LogP contribution in [0.1, 0.15) is 126 Å². The number of unbranched alkanes of at least 4 members (excludes halogenated alkanes) is 4. The molecule has 0 bridgehead atoms. The number of fused-ring (bicyclic) bond motifs is 2. The van der Waals surface area contributed by atoms with Crippen molar-refractivity contribution in [2.45, 2.75) is 122 Å². The van der Waals surface area contributed by atoms with Gasteiger partial charge in [-0.25, -0.2) is 4.39 Å². The molecule has 30 heavy (non-hydrogen) atoms. The fourth-order valence-corrected chi connectivity index (χ4v) is 7.13. The SMILES string of the molecule is CCCCCCCC1CCC2CC(c3ccc4c(c3F)CCC(CC)C4)CCC2C1. The summed E-state index contributed by atoms with van der Waals surface area (Å²) in [5.41, 5.74) is 3.45. The number of halogens is 1. The van der Waals surface area contributed by atoms with E-state index in [0.717, 1.165) is 47.6 Å². The molecule has 1 aromatic rings. The Hall–Kier alpha value is -0.850. The second-order valence-corrected chi connectivity index (χ2v) is 11.0. The highest BCUT2D eigenvalue weighted by Crippen LogP contribution is 2.49. The van der Waals surface area contributed by atoms with E-state index in [2.05, 4.69) is 26.0 Å². The van der Waals surface area contributed by atoms with Gasteiger partial charge in [0.25, 0.3) is 0 Å². The first-order valence-electron chi connectivity index (χ1n) is 13.5. The molecular formula is C29H45F. The van der Waals surface area contributed by atoms with Crippen LogP contribution in [0.4, 0.5) is 4.39 Å². The molecule has 4 rings (SSSR count). The topological polar surface area (TPSA) is 0 Å². The summed E-state index contributed by atoms with van der Waals surface area (Å²) in [6.07, 6.45) is 21.1. The van der Waals surface area contributed by atoms with Gasteiger partial charge in [-0.3, -0.25) is 0 Å². The molecule has 0 heterocycles. The van der Waals surface area contributed by atoms with Crippen molar-refractivity contribution in [2.75, 3.05) is 0 Å². The van der Waals surface area contributed by atoms with Gasteiger partial charge in [0, 0.05) is 0 Å². The summed E-state index contributed by atoms with van der Waals surface area (Å²) in [5, 5.41) is 0. The molecule has 3 aliphatic rings. The smallest absolute Gasteiger partial charge is 0.130 e. The summed E-state index contributed by atoms with van der Waals surface area (Å²) in [6.45, 7) is 4.58. The molecule has 0 saturated heterocycles. The van der Waals surface area contributed by atoms with E-state index in [9.17, 15) is 0 Å². The Morgan fingerprint density at radius 3 is 2.47 bits per heavy atom. The molecule has 0 radical (unpaired) electrons. The van der Waals surface area contributed by atoms with E-state index in [-0.39, 0.29) is 5.82 Å². The Bertz CT molecular complexity index is 677. The minimum Gasteiger partial charge on any atom is -0.206 e. The van der Waals surface area contributed by atoms with Gasteiger partial charge in [-0.1, -0.05) is 77.3 Å². The van der Waals surface area contributed by atoms with E-state index in [1.54, 1.807) is 0 Å². The monoisotopic (exact) mass is 412 g/mol. The minimum atomic E-state index is 0.186. The van der Waals surface area contributed by atoms with Crippen molar-refractivity contribution in [3.8, 4) is 0 Å². The molecule has 5 atom stereocenters. The second kappa shape index (κ2) is 10.6. The van der Waals surface area contributed by atoms with E-state index in [4.69, 9.17) is 0 Å². The van der Waals surface area contributed by atoms with Crippen LogP contribution in [-0.2, 0) is 12.8 Å². The molecule has 2 saturated carbocycles. The number of rotatable bonds is 8. The zero-order chi connectivity index (χ0) is 20.9. The quantitative estimate of drug-likeness (QED) is 0.374. The highest BCUT2D eigenvalue weighted by molar-refractivity contribution is 5.38. The van der Waals surface area contributed by atoms with Crippen LogP contribution in [0.2, 0.25) is 0 Å². The maximum absolute atomic E-state index is 15.5. The molecule has 0 aromatic heterocycles. The van der Waals surface area contributed by atoms with E-state index >= 15 is 4.39 Å². The molecule has 5 unspecified atom stereocenters. The molecule has 0 amide bonds. The van der Waals surface area contributed by atoms with Gasteiger partial charge in [-0.2, -0.15) is 0 Å². The third-order valence-electron chi connectivity index (χ3n) is 9.14. The Balaban J connectivity index is 1.31. The lowest BCUT2D eigenvalue weighted by atomic mass is 9.63. The summed E-state index contributed by atoms with van der Waals surface area (Å²) >= 11 is 0. The lowest BCUT2D eigenvalue weighted by Gasteiger charge is -2.42. The highest BCUT2D eigenvalue weighted by atomic mass is 19.1. The van der Waals surface area contributed by atoms with Gasteiger partial charge in [-0.15, -0.1) is 0 Å². The van der Waals surface area contributed by atoms with Gasteiger partial charge in [0.1, 0.15) is 5.82 Å². The first-order valence-corrected chi connectivity index (χ1v) is 13.5. The van der Waals surface area contributed by atoms with Gasteiger partial charge in [0.2, 0.25) is 0 Å². The van der Waals surface area contributed by atoms with Crippen LogP contribution in [0, 0.1) is 29.5 Å². The normalized spacial score (nSPS) is 31.2. The summed E-state index contributed by atoms with van der Waals surface area (Å²) in [4.78, 5) is 0. The van der Waals surface area contributed by atoms with Gasteiger partial charge in [-0.05, 0) is 97.6 Å². The zero-order valence-corrected chi connectivity index (χ0v) is 19.7. The summed E-state index contributed by atoms with van der Waals surface area (Å²) in [5.74, 6) is 4.20. The maximum atomic E-state index is 15.5. The molecule has 0 nitrogen and oxygen atoms in total. The van der Waals surface area contributed by atoms with Gasteiger partial charge in [0.05, 0.1) is 0 Å². The third-order valence-corrected chi connectivity index (χ3v) is 9.14. The molecule has 0 spiro atoms. The molecule has 0 aliphatic heterocycles. The first kappa shape index (κ1) is 22.3. The Morgan fingerprint density at radius 1 is 0.833 bits per heavy atom. The highest BCUT2D eigenvalue weighted by Gasteiger charge is 2.37. The molecule has 1 aromatic carbocycles. The van der Waals surface area contributed by atoms with Gasteiger partial charge in [0.15, 0.2) is 0 Å². The Labute approximate surface area is 185 Å². The summed E-state index contributed by atoms with van der Waals surface area (Å²) in [7, 11) is 0. The average Bonchev–Trinajstić information content (AvgIpc) is 2.78. The maximum Gasteiger partial charge on any atom is 0.130 e. The molecule has 168 valence electrons. The van der Waals surface area contributed by atoms with Crippen molar-refractivity contribution in [3.05, 3.63) is 34.6 Å². The number of hydrogen-bond donors (Lipinski definition) is 0. The van der Waals surface area contributed by atoms with Crippen molar-refractivity contribution in [1.82, 2.24) is 0 Å². The van der Waals surface area contributed by atoms with E-state index in [0.29, 0.717) is 5.92 Å². The molecule has 1 heteroatoms. The van der Waals surface area contributed by atoms with E-state index in [1.807, 2.05) is 0 Å². The average molecular weight is 413 g/mol. The summed E-state index contributed by atoms with van der Waals surface area (Å²) in [6, 6.07) is 4.47. The van der Waals surface area contributed by atoms with Crippen LogP contribution < -0.4 is 0 Å². The lowest BCUT2D eigenvalue weighted by molar-refractivity contribution is 0.112. The lowest BCUT2D eigenvalue weighted by Crippen LogP contribution is -2.31. The zero-order valence-electron chi connectivity index (χ0n) is 19.7. The molecule has 3 aliphatic carbocycles. The predicted molar refractivity (Wildman–Crippen MR) is 126 cm³/mol. The standard InChI is InChI=1S/C29H45F/c1-3-5-6-7-8-9-22-10-12-24-20-26(14-13-23(24)19-22)28-17-15-25-18-21(4-2)11-16-27(25)29(28)30/h15,17,21-24,26H,3-14,16,18-20H2,1-2H3. The van der Waals surface area contributed by atoms with Gasteiger partial charge >= 0.3 is 0 Å². The molecule has 2 fully saturated rings. The van der Waals surface area contributed by atoms with Crippen molar-refractivity contribution in [1.29, 1.82) is 0 Å². The Morgan fingerprint density at radius 2 is 1.63 bits per heavy atom. The van der Waals surface area contributed by atoms with Crippen LogP contribution in [-0.4, -0.2) is 0 Å². The number of hydrogen-bond acceptors (Lipinski definition) is 0. The largest absolute Gasteiger partial charge is 0.206 e. The minimum absolute atomic E-state index is 0.186. The van der Waals surface area contributed by atoms with E-state index < -0.39 is 0 Å². The van der Waals surface area contributed by atoms with Crippen LogP contribution >= 0.6 is 0 Å². The van der Waals surface area contributed by atoms with Crippen molar-refractivity contribution < 1.29 is 4.39 Å². The van der Waals surface area contributed by atoms with Crippen molar-refractivity contribution >= 4 is 0 Å².